The van der Waals surface area contributed by atoms with Gasteiger partial charge in [0.25, 0.3) is 0 Å². The predicted octanol–water partition coefficient (Wildman–Crippen LogP) is 5.12. The second kappa shape index (κ2) is 6.46. The lowest BCUT2D eigenvalue weighted by Gasteiger charge is -2.41. The molecule has 26 heavy (non-hydrogen) atoms. The Morgan fingerprint density at radius 3 is 2.50 bits per heavy atom. The zero-order valence-corrected chi connectivity index (χ0v) is 15.4. The molecule has 0 N–H and O–H groups in total. The van der Waals surface area contributed by atoms with Gasteiger partial charge in [0.1, 0.15) is 5.75 Å². The Labute approximate surface area is 151 Å². The van der Waals surface area contributed by atoms with E-state index in [2.05, 4.69) is 0 Å². The molecule has 0 bridgehead atoms. The third-order valence-electron chi connectivity index (χ3n) is 6.15. The number of hydrogen-bond acceptors (Lipinski definition) is 3. The first kappa shape index (κ1) is 19.1. The highest BCUT2D eigenvalue weighted by atomic mass is 19.4. The molecule has 0 atom stereocenters. The minimum absolute atomic E-state index is 0.182. The first-order valence-corrected chi connectivity index (χ1v) is 9.12. The number of hydrogen-bond donors (Lipinski definition) is 0. The summed E-state index contributed by atoms with van der Waals surface area (Å²) in [5.41, 5.74) is -0.593. The van der Waals surface area contributed by atoms with Crippen LogP contribution in [0.15, 0.2) is 18.2 Å². The number of rotatable bonds is 3. The van der Waals surface area contributed by atoms with Crippen molar-refractivity contribution in [2.24, 2.45) is 11.3 Å². The van der Waals surface area contributed by atoms with E-state index in [4.69, 9.17) is 9.47 Å². The largest absolute Gasteiger partial charge is 0.492 e. The van der Waals surface area contributed by atoms with Gasteiger partial charge < -0.3 is 9.47 Å². The SMILES string of the molecule is CCOC(=O)C(C)(C)C1CCC2(CC1)COc1cc(C(F)(F)F)ccc12. The van der Waals surface area contributed by atoms with Crippen LogP contribution in [-0.4, -0.2) is 19.2 Å². The molecule has 1 fully saturated rings. The highest BCUT2D eigenvalue weighted by Crippen LogP contribution is 2.52. The maximum absolute atomic E-state index is 12.9. The molecular formula is C20H25F3O3. The molecule has 2 aliphatic rings. The van der Waals surface area contributed by atoms with E-state index in [-0.39, 0.29) is 17.3 Å². The molecule has 0 saturated heterocycles. The quantitative estimate of drug-likeness (QED) is 0.693. The molecule has 1 aliphatic carbocycles. The third-order valence-corrected chi connectivity index (χ3v) is 6.15. The lowest BCUT2D eigenvalue weighted by Crippen LogP contribution is -2.41. The van der Waals surface area contributed by atoms with Gasteiger partial charge in [0.15, 0.2) is 0 Å². The van der Waals surface area contributed by atoms with Gasteiger partial charge in [-0.15, -0.1) is 0 Å². The number of carbonyl (C=O) groups is 1. The Morgan fingerprint density at radius 1 is 1.27 bits per heavy atom. The monoisotopic (exact) mass is 370 g/mol. The summed E-state index contributed by atoms with van der Waals surface area (Å²) in [5.74, 6) is 0.368. The zero-order valence-electron chi connectivity index (χ0n) is 15.4. The normalized spacial score (nSPS) is 25.7. The van der Waals surface area contributed by atoms with Crippen molar-refractivity contribution in [1.82, 2.24) is 0 Å². The van der Waals surface area contributed by atoms with E-state index < -0.39 is 17.2 Å². The molecular weight excluding hydrogens is 345 g/mol. The number of esters is 1. The Morgan fingerprint density at radius 2 is 1.92 bits per heavy atom. The van der Waals surface area contributed by atoms with Gasteiger partial charge >= 0.3 is 12.1 Å². The van der Waals surface area contributed by atoms with Gasteiger partial charge in [-0.2, -0.15) is 13.2 Å². The molecule has 1 saturated carbocycles. The summed E-state index contributed by atoms with van der Waals surface area (Å²) in [7, 11) is 0. The molecule has 0 aromatic heterocycles. The van der Waals surface area contributed by atoms with Crippen LogP contribution >= 0.6 is 0 Å². The number of benzene rings is 1. The average Bonchev–Trinajstić information content (AvgIpc) is 2.93. The summed E-state index contributed by atoms with van der Waals surface area (Å²) < 4.78 is 49.6. The second-order valence-corrected chi connectivity index (χ2v) is 7.99. The molecule has 3 rings (SSSR count). The van der Waals surface area contributed by atoms with Crippen molar-refractivity contribution in [2.45, 2.75) is 58.0 Å². The number of carbonyl (C=O) groups excluding carboxylic acids is 1. The first-order valence-electron chi connectivity index (χ1n) is 9.12. The zero-order chi connectivity index (χ0) is 19.2. The van der Waals surface area contributed by atoms with E-state index in [0.717, 1.165) is 43.4 Å². The van der Waals surface area contributed by atoms with Crippen molar-refractivity contribution in [3.63, 3.8) is 0 Å². The fourth-order valence-corrected chi connectivity index (χ4v) is 4.34. The van der Waals surface area contributed by atoms with Crippen molar-refractivity contribution in [3.8, 4) is 5.75 Å². The van der Waals surface area contributed by atoms with Crippen LogP contribution in [0.25, 0.3) is 0 Å². The van der Waals surface area contributed by atoms with Crippen LogP contribution in [-0.2, 0) is 21.1 Å². The Hall–Kier alpha value is -1.72. The minimum atomic E-state index is -4.37. The highest BCUT2D eigenvalue weighted by molar-refractivity contribution is 5.76. The summed E-state index contributed by atoms with van der Waals surface area (Å²) >= 11 is 0. The molecule has 1 spiro atoms. The Kier molecular flexibility index (Phi) is 4.74. The molecule has 1 aromatic rings. The van der Waals surface area contributed by atoms with Crippen LogP contribution in [0.4, 0.5) is 13.2 Å². The third kappa shape index (κ3) is 3.19. The number of fused-ring (bicyclic) bond motifs is 2. The minimum Gasteiger partial charge on any atom is -0.492 e. The van der Waals surface area contributed by atoms with Crippen LogP contribution < -0.4 is 4.74 Å². The van der Waals surface area contributed by atoms with Crippen molar-refractivity contribution in [3.05, 3.63) is 29.3 Å². The van der Waals surface area contributed by atoms with Gasteiger partial charge in [-0.05, 0) is 64.5 Å². The summed E-state index contributed by atoms with van der Waals surface area (Å²) in [6.45, 7) is 6.41. The molecule has 3 nitrogen and oxygen atoms in total. The molecule has 1 heterocycles. The van der Waals surface area contributed by atoms with Crippen LogP contribution in [0, 0.1) is 11.3 Å². The predicted molar refractivity (Wildman–Crippen MR) is 91.0 cm³/mol. The fraction of sp³-hybridized carbons (Fsp3) is 0.650. The number of ether oxygens (including phenoxy) is 2. The molecule has 1 aliphatic heterocycles. The van der Waals surface area contributed by atoms with E-state index in [9.17, 15) is 18.0 Å². The molecule has 0 unspecified atom stereocenters. The summed E-state index contributed by atoms with van der Waals surface area (Å²) in [4.78, 5) is 12.3. The van der Waals surface area contributed by atoms with E-state index in [1.54, 1.807) is 13.0 Å². The van der Waals surface area contributed by atoms with Gasteiger partial charge in [0.05, 0.1) is 24.2 Å². The van der Waals surface area contributed by atoms with E-state index in [1.165, 1.54) is 0 Å². The first-order chi connectivity index (χ1) is 12.1. The van der Waals surface area contributed by atoms with Crippen LogP contribution in [0.2, 0.25) is 0 Å². The number of halogens is 3. The van der Waals surface area contributed by atoms with Crippen LogP contribution in [0.1, 0.15) is 57.6 Å². The lowest BCUT2D eigenvalue weighted by molar-refractivity contribution is -0.157. The maximum Gasteiger partial charge on any atom is 0.416 e. The molecule has 6 heteroatoms. The Balaban J connectivity index is 1.76. The average molecular weight is 370 g/mol. The topological polar surface area (TPSA) is 35.5 Å². The van der Waals surface area contributed by atoms with Crippen molar-refractivity contribution < 1.29 is 27.4 Å². The van der Waals surface area contributed by atoms with Gasteiger partial charge in [-0.1, -0.05) is 6.07 Å². The molecule has 0 radical (unpaired) electrons. The van der Waals surface area contributed by atoms with Crippen LogP contribution in [0.3, 0.4) is 0 Å². The standard InChI is InChI=1S/C20H25F3O3/c1-4-25-17(24)18(2,3)13-7-9-19(10-8-13)12-26-16-11-14(20(21,22)23)5-6-15(16)19/h5-6,11,13H,4,7-10,12H2,1-3H3. The smallest absolute Gasteiger partial charge is 0.416 e. The number of alkyl halides is 3. The van der Waals surface area contributed by atoms with Crippen molar-refractivity contribution in [2.75, 3.05) is 13.2 Å². The molecule has 144 valence electrons. The van der Waals surface area contributed by atoms with Gasteiger partial charge in [-0.25, -0.2) is 0 Å². The lowest BCUT2D eigenvalue weighted by atomic mass is 9.62. The molecule has 1 aromatic carbocycles. The molecule has 0 amide bonds. The van der Waals surface area contributed by atoms with Crippen LogP contribution in [0.5, 0.6) is 5.75 Å². The second-order valence-electron chi connectivity index (χ2n) is 7.99. The van der Waals surface area contributed by atoms with Crippen molar-refractivity contribution >= 4 is 5.97 Å². The van der Waals surface area contributed by atoms with Gasteiger partial charge in [0.2, 0.25) is 0 Å². The summed E-state index contributed by atoms with van der Waals surface area (Å²) in [5, 5.41) is 0. The highest BCUT2D eigenvalue weighted by Gasteiger charge is 2.48. The maximum atomic E-state index is 12.9. The van der Waals surface area contributed by atoms with Gasteiger partial charge in [0, 0.05) is 11.0 Å². The van der Waals surface area contributed by atoms with E-state index in [0.29, 0.717) is 19.0 Å². The van der Waals surface area contributed by atoms with E-state index >= 15 is 0 Å². The van der Waals surface area contributed by atoms with Crippen molar-refractivity contribution in [1.29, 1.82) is 0 Å². The fourth-order valence-electron chi connectivity index (χ4n) is 4.34. The Bertz CT molecular complexity index is 686. The summed E-state index contributed by atoms with van der Waals surface area (Å²) in [6, 6.07) is 3.82. The summed E-state index contributed by atoms with van der Waals surface area (Å²) in [6.07, 6.45) is -1.10. The van der Waals surface area contributed by atoms with E-state index in [1.807, 2.05) is 13.8 Å². The van der Waals surface area contributed by atoms with Gasteiger partial charge in [-0.3, -0.25) is 4.79 Å².